The first-order valence-corrected chi connectivity index (χ1v) is 8.98. The fourth-order valence-electron chi connectivity index (χ4n) is 3.96. The van der Waals surface area contributed by atoms with Gasteiger partial charge < -0.3 is 4.90 Å². The molecule has 4 unspecified atom stereocenters. The molecule has 0 aromatic rings. The normalized spacial score (nSPS) is 34.8. The maximum atomic E-state index is 12.9. The van der Waals surface area contributed by atoms with E-state index in [1.54, 1.807) is 0 Å². The molecule has 0 aromatic heterocycles. The average Bonchev–Trinajstić information content (AvgIpc) is 2.56. The van der Waals surface area contributed by atoms with Gasteiger partial charge in [-0.3, -0.25) is 10.1 Å². The molecule has 2 aliphatic rings. The lowest BCUT2D eigenvalue weighted by molar-refractivity contribution is -0.133. The summed E-state index contributed by atoms with van der Waals surface area (Å²) in [6.45, 7) is 11.2. The molecule has 1 heterocycles. The van der Waals surface area contributed by atoms with Crippen molar-refractivity contribution in [1.29, 1.82) is 0 Å². The number of amides is 1. The lowest BCUT2D eigenvalue weighted by Gasteiger charge is -2.33. The molecular formula is C18H34N2O. The second-order valence-corrected chi connectivity index (χ2v) is 8.05. The van der Waals surface area contributed by atoms with Crippen molar-refractivity contribution in [3.63, 3.8) is 0 Å². The number of rotatable bonds is 4. The smallest absolute Gasteiger partial charge is 0.241 e. The molecule has 1 amide bonds. The van der Waals surface area contributed by atoms with Gasteiger partial charge in [-0.05, 0) is 43.4 Å². The monoisotopic (exact) mass is 294 g/mol. The van der Waals surface area contributed by atoms with Crippen LogP contribution >= 0.6 is 0 Å². The summed E-state index contributed by atoms with van der Waals surface area (Å²) in [5.74, 6) is 2.18. The van der Waals surface area contributed by atoms with Gasteiger partial charge in [0.25, 0.3) is 0 Å². The molecule has 1 saturated heterocycles. The van der Waals surface area contributed by atoms with Gasteiger partial charge in [0.1, 0.15) is 0 Å². The topological polar surface area (TPSA) is 32.3 Å². The zero-order chi connectivity index (χ0) is 15.6. The van der Waals surface area contributed by atoms with Crippen molar-refractivity contribution in [3.05, 3.63) is 0 Å². The Bertz CT molecular complexity index is 353. The molecule has 3 nitrogen and oxygen atoms in total. The summed E-state index contributed by atoms with van der Waals surface area (Å²) in [7, 11) is 0. The molecule has 0 radical (unpaired) electrons. The predicted molar refractivity (Wildman–Crippen MR) is 87.9 cm³/mol. The first-order chi connectivity index (χ1) is 9.90. The number of nitrogens with zero attached hydrogens (tertiary/aromatic N) is 1. The quantitative estimate of drug-likeness (QED) is 0.800. The summed E-state index contributed by atoms with van der Waals surface area (Å²) in [5.41, 5.74) is 0. The van der Waals surface area contributed by atoms with E-state index in [1.807, 2.05) is 0 Å². The highest BCUT2D eigenvalue weighted by molar-refractivity contribution is 5.85. The van der Waals surface area contributed by atoms with Crippen LogP contribution in [0.2, 0.25) is 0 Å². The van der Waals surface area contributed by atoms with Crippen LogP contribution in [0.5, 0.6) is 0 Å². The van der Waals surface area contributed by atoms with E-state index in [2.05, 4.69) is 44.8 Å². The van der Waals surface area contributed by atoms with E-state index in [1.165, 1.54) is 32.1 Å². The van der Waals surface area contributed by atoms with Crippen LogP contribution in [0, 0.1) is 17.8 Å². The lowest BCUT2D eigenvalue weighted by atomic mass is 10.0. The molecule has 0 spiro atoms. The van der Waals surface area contributed by atoms with Gasteiger partial charge in [-0.2, -0.15) is 0 Å². The van der Waals surface area contributed by atoms with Crippen LogP contribution < -0.4 is 5.32 Å². The van der Waals surface area contributed by atoms with Crippen LogP contribution in [0.3, 0.4) is 0 Å². The van der Waals surface area contributed by atoms with Gasteiger partial charge in [0.15, 0.2) is 0 Å². The van der Waals surface area contributed by atoms with E-state index in [9.17, 15) is 4.79 Å². The number of hydrogen-bond acceptors (Lipinski definition) is 2. The van der Waals surface area contributed by atoms with Gasteiger partial charge in [0, 0.05) is 6.04 Å². The third-order valence-electron chi connectivity index (χ3n) is 5.21. The maximum Gasteiger partial charge on any atom is 0.241 e. The molecule has 2 fully saturated rings. The van der Waals surface area contributed by atoms with Gasteiger partial charge >= 0.3 is 0 Å². The number of carbonyl (C=O) groups excluding carboxylic acids is 1. The minimum Gasteiger partial charge on any atom is -0.323 e. The third kappa shape index (κ3) is 4.00. The zero-order valence-electron chi connectivity index (χ0n) is 14.6. The maximum absolute atomic E-state index is 12.9. The SMILES string of the molecule is CC(C)CC1NC(C(C)C)C(=O)N1C1CCCC(C)CC1. The molecule has 4 atom stereocenters. The Morgan fingerprint density at radius 3 is 2.48 bits per heavy atom. The first-order valence-electron chi connectivity index (χ1n) is 8.98. The Kier molecular flexibility index (Phi) is 5.70. The summed E-state index contributed by atoms with van der Waals surface area (Å²) in [6.07, 6.45) is 7.58. The number of nitrogens with one attached hydrogen (secondary N) is 1. The van der Waals surface area contributed by atoms with Crippen molar-refractivity contribution >= 4 is 5.91 Å². The van der Waals surface area contributed by atoms with E-state index in [0.29, 0.717) is 23.8 Å². The van der Waals surface area contributed by atoms with E-state index in [0.717, 1.165) is 12.3 Å². The van der Waals surface area contributed by atoms with Crippen molar-refractivity contribution < 1.29 is 4.79 Å². The Morgan fingerprint density at radius 1 is 1.14 bits per heavy atom. The molecule has 122 valence electrons. The van der Waals surface area contributed by atoms with Crippen molar-refractivity contribution in [2.75, 3.05) is 0 Å². The molecule has 0 bridgehead atoms. The summed E-state index contributed by atoms with van der Waals surface area (Å²) in [4.78, 5) is 15.1. The van der Waals surface area contributed by atoms with Gasteiger partial charge in [-0.1, -0.05) is 47.5 Å². The van der Waals surface area contributed by atoms with E-state index >= 15 is 0 Å². The molecule has 0 aromatic carbocycles. The number of hydrogen-bond donors (Lipinski definition) is 1. The highest BCUT2D eigenvalue weighted by Crippen LogP contribution is 2.31. The van der Waals surface area contributed by atoms with Crippen molar-refractivity contribution in [2.45, 2.75) is 91.4 Å². The molecule has 21 heavy (non-hydrogen) atoms. The Morgan fingerprint density at radius 2 is 1.86 bits per heavy atom. The van der Waals surface area contributed by atoms with E-state index < -0.39 is 0 Å². The number of carbonyl (C=O) groups is 1. The largest absolute Gasteiger partial charge is 0.323 e. The molecule has 1 aliphatic carbocycles. The Labute approximate surface area is 130 Å². The fourth-order valence-corrected chi connectivity index (χ4v) is 3.96. The molecule has 1 N–H and O–H groups in total. The zero-order valence-corrected chi connectivity index (χ0v) is 14.6. The van der Waals surface area contributed by atoms with Crippen LogP contribution in [0.25, 0.3) is 0 Å². The highest BCUT2D eigenvalue weighted by Gasteiger charge is 2.43. The van der Waals surface area contributed by atoms with Gasteiger partial charge in [-0.15, -0.1) is 0 Å². The first kappa shape index (κ1) is 16.8. The summed E-state index contributed by atoms with van der Waals surface area (Å²) in [5, 5.41) is 3.63. The second kappa shape index (κ2) is 7.13. The van der Waals surface area contributed by atoms with Gasteiger partial charge in [-0.25, -0.2) is 0 Å². The third-order valence-corrected chi connectivity index (χ3v) is 5.21. The van der Waals surface area contributed by atoms with Crippen LogP contribution in [-0.4, -0.2) is 29.1 Å². The minimum atomic E-state index is 0.0226. The van der Waals surface area contributed by atoms with Crippen molar-refractivity contribution in [3.8, 4) is 0 Å². The molecule has 1 aliphatic heterocycles. The summed E-state index contributed by atoms with van der Waals surface area (Å²) in [6, 6.07) is 0.483. The second-order valence-electron chi connectivity index (χ2n) is 8.05. The summed E-state index contributed by atoms with van der Waals surface area (Å²) >= 11 is 0. The molecular weight excluding hydrogens is 260 g/mol. The average molecular weight is 294 g/mol. The van der Waals surface area contributed by atoms with Crippen LogP contribution in [0.1, 0.15) is 73.1 Å². The fraction of sp³-hybridized carbons (Fsp3) is 0.944. The molecule has 3 heteroatoms. The predicted octanol–water partition coefficient (Wildman–Crippen LogP) is 3.78. The minimum absolute atomic E-state index is 0.0226. The van der Waals surface area contributed by atoms with Gasteiger partial charge in [0.05, 0.1) is 12.2 Å². The Balaban J connectivity index is 2.13. The standard InChI is InChI=1S/C18H34N2O/c1-12(2)11-16-19-17(13(3)4)18(21)20(16)15-8-6-7-14(5)9-10-15/h12-17,19H,6-11H2,1-5H3. The molecule has 1 saturated carbocycles. The van der Waals surface area contributed by atoms with Gasteiger partial charge in [0.2, 0.25) is 5.91 Å². The van der Waals surface area contributed by atoms with E-state index in [-0.39, 0.29) is 12.2 Å². The van der Waals surface area contributed by atoms with E-state index in [4.69, 9.17) is 0 Å². The van der Waals surface area contributed by atoms with Crippen molar-refractivity contribution in [2.24, 2.45) is 17.8 Å². The highest BCUT2D eigenvalue weighted by atomic mass is 16.2. The Hall–Kier alpha value is -0.570. The van der Waals surface area contributed by atoms with Crippen LogP contribution in [0.4, 0.5) is 0 Å². The lowest BCUT2D eigenvalue weighted by Crippen LogP contribution is -2.45. The molecule has 2 rings (SSSR count). The van der Waals surface area contributed by atoms with Crippen LogP contribution in [-0.2, 0) is 4.79 Å². The van der Waals surface area contributed by atoms with Crippen LogP contribution in [0.15, 0.2) is 0 Å². The summed E-state index contributed by atoms with van der Waals surface area (Å²) < 4.78 is 0. The van der Waals surface area contributed by atoms with Crippen molar-refractivity contribution in [1.82, 2.24) is 10.2 Å².